The molecule has 0 fully saturated rings. The van der Waals surface area contributed by atoms with Gasteiger partial charge >= 0.3 is 0 Å². The van der Waals surface area contributed by atoms with Gasteiger partial charge in [0.1, 0.15) is 5.37 Å². The van der Waals surface area contributed by atoms with Crippen LogP contribution < -0.4 is 17.2 Å². The Morgan fingerprint density at radius 1 is 1.56 bits per heavy atom. The van der Waals surface area contributed by atoms with Crippen LogP contribution in [-0.2, 0) is 0 Å². The summed E-state index contributed by atoms with van der Waals surface area (Å²) in [5.41, 5.74) is 18.5. The molecule has 0 radical (unpaired) electrons. The van der Waals surface area contributed by atoms with Crippen LogP contribution in [-0.4, -0.2) is 22.5 Å². The summed E-state index contributed by atoms with van der Waals surface area (Å²) < 4.78 is 0. The molecule has 0 aliphatic heterocycles. The van der Waals surface area contributed by atoms with E-state index in [0.29, 0.717) is 12.2 Å². The van der Waals surface area contributed by atoms with Gasteiger partial charge in [0, 0.05) is 17.6 Å². The van der Waals surface area contributed by atoms with Crippen LogP contribution in [0.3, 0.4) is 0 Å². The second kappa shape index (κ2) is 6.33. The Hall–Kier alpha value is -1.28. The SMILES string of the molecule is N=C(N)CCSC(N=C(N)N)c1cscn1. The van der Waals surface area contributed by atoms with Gasteiger partial charge in [-0.1, -0.05) is 0 Å². The standard InChI is InChI=1S/C8H14N6S2/c9-6(10)1-2-16-7(14-8(11)12)5-3-15-4-13-5/h3-4,7H,1-2H2,(H3,9,10)(H4,11,12,14). The minimum Gasteiger partial charge on any atom is -0.388 e. The van der Waals surface area contributed by atoms with Crippen LogP contribution in [0.25, 0.3) is 0 Å². The first kappa shape index (κ1) is 12.8. The van der Waals surface area contributed by atoms with Crippen molar-refractivity contribution in [3.8, 4) is 0 Å². The number of aliphatic imine (C=N–C) groups is 1. The van der Waals surface area contributed by atoms with Crippen molar-refractivity contribution in [1.29, 1.82) is 5.41 Å². The Morgan fingerprint density at radius 3 is 2.81 bits per heavy atom. The molecule has 6 nitrogen and oxygen atoms in total. The number of thiazole rings is 1. The van der Waals surface area contributed by atoms with E-state index in [1.165, 1.54) is 23.1 Å². The predicted octanol–water partition coefficient (Wildman–Crippen LogP) is 0.474. The summed E-state index contributed by atoms with van der Waals surface area (Å²) in [5.74, 6) is 0.886. The molecule has 0 spiro atoms. The van der Waals surface area contributed by atoms with E-state index < -0.39 is 0 Å². The van der Waals surface area contributed by atoms with E-state index in [1.54, 1.807) is 5.51 Å². The molecule has 0 aliphatic carbocycles. The highest BCUT2D eigenvalue weighted by molar-refractivity contribution is 7.99. The fourth-order valence-corrected chi connectivity index (χ4v) is 2.66. The number of nitrogens with zero attached hydrogens (tertiary/aromatic N) is 2. The summed E-state index contributed by atoms with van der Waals surface area (Å²) in [5, 5.41) is 8.81. The second-order valence-electron chi connectivity index (χ2n) is 2.97. The topological polar surface area (TPSA) is 127 Å². The van der Waals surface area contributed by atoms with Gasteiger partial charge in [-0.15, -0.1) is 23.1 Å². The summed E-state index contributed by atoms with van der Waals surface area (Å²) in [6.07, 6.45) is 0.519. The van der Waals surface area contributed by atoms with Gasteiger partial charge in [0.25, 0.3) is 0 Å². The minimum atomic E-state index is -0.212. The summed E-state index contributed by atoms with van der Waals surface area (Å²) >= 11 is 3.00. The van der Waals surface area contributed by atoms with Crippen LogP contribution in [0.1, 0.15) is 17.5 Å². The first-order valence-electron chi connectivity index (χ1n) is 4.51. The zero-order chi connectivity index (χ0) is 12.0. The number of hydrogen-bond donors (Lipinski definition) is 4. The van der Waals surface area contributed by atoms with Crippen molar-refractivity contribution in [2.75, 3.05) is 5.75 Å². The van der Waals surface area contributed by atoms with Crippen molar-refractivity contribution in [3.63, 3.8) is 0 Å². The number of rotatable bonds is 6. The highest BCUT2D eigenvalue weighted by Gasteiger charge is 2.12. The zero-order valence-electron chi connectivity index (χ0n) is 8.59. The van der Waals surface area contributed by atoms with E-state index in [-0.39, 0.29) is 17.2 Å². The average molecular weight is 258 g/mol. The predicted molar refractivity (Wildman–Crippen MR) is 69.7 cm³/mol. The van der Waals surface area contributed by atoms with Gasteiger partial charge in [0.15, 0.2) is 5.96 Å². The number of nitrogens with two attached hydrogens (primary N) is 3. The van der Waals surface area contributed by atoms with Gasteiger partial charge in [0.05, 0.1) is 17.0 Å². The molecule has 1 heterocycles. The van der Waals surface area contributed by atoms with Crippen molar-refractivity contribution in [3.05, 3.63) is 16.6 Å². The number of thioether (sulfide) groups is 1. The molecule has 0 amide bonds. The molecule has 1 unspecified atom stereocenters. The number of nitrogens with one attached hydrogen (secondary N) is 1. The van der Waals surface area contributed by atoms with E-state index in [9.17, 15) is 0 Å². The molecule has 1 atom stereocenters. The zero-order valence-corrected chi connectivity index (χ0v) is 10.2. The molecule has 88 valence electrons. The Morgan fingerprint density at radius 2 is 2.31 bits per heavy atom. The maximum atomic E-state index is 7.12. The first-order valence-corrected chi connectivity index (χ1v) is 6.50. The molecule has 1 aromatic rings. The third-order valence-corrected chi connectivity index (χ3v) is 3.33. The molecule has 0 saturated carbocycles. The van der Waals surface area contributed by atoms with Crippen molar-refractivity contribution >= 4 is 34.9 Å². The van der Waals surface area contributed by atoms with Crippen molar-refractivity contribution < 1.29 is 0 Å². The van der Waals surface area contributed by atoms with Crippen molar-refractivity contribution in [2.24, 2.45) is 22.2 Å². The highest BCUT2D eigenvalue weighted by Crippen LogP contribution is 2.30. The van der Waals surface area contributed by atoms with E-state index >= 15 is 0 Å². The molecule has 16 heavy (non-hydrogen) atoms. The molecule has 7 N–H and O–H groups in total. The van der Waals surface area contributed by atoms with Crippen LogP contribution >= 0.6 is 23.1 Å². The van der Waals surface area contributed by atoms with Crippen LogP contribution in [0, 0.1) is 5.41 Å². The molecule has 1 rings (SSSR count). The Kier molecular flexibility index (Phi) is 5.06. The third kappa shape index (κ3) is 4.49. The summed E-state index contributed by atoms with van der Waals surface area (Å²) in [6.45, 7) is 0. The van der Waals surface area contributed by atoms with Gasteiger partial charge in [-0.3, -0.25) is 5.41 Å². The Bertz CT molecular complexity index is 357. The smallest absolute Gasteiger partial charge is 0.187 e. The third-order valence-electron chi connectivity index (χ3n) is 1.62. The first-order chi connectivity index (χ1) is 7.59. The van der Waals surface area contributed by atoms with E-state index in [4.69, 9.17) is 22.6 Å². The normalized spacial score (nSPS) is 12.0. The van der Waals surface area contributed by atoms with Crippen molar-refractivity contribution in [2.45, 2.75) is 11.8 Å². The van der Waals surface area contributed by atoms with Gasteiger partial charge in [-0.25, -0.2) is 9.98 Å². The van der Waals surface area contributed by atoms with Crippen LogP contribution in [0.5, 0.6) is 0 Å². The fourth-order valence-electron chi connectivity index (χ4n) is 0.949. The minimum absolute atomic E-state index is 0.0355. The molecule has 8 heteroatoms. The summed E-state index contributed by atoms with van der Waals surface area (Å²) in [6, 6.07) is 0. The number of amidine groups is 1. The molecule has 0 aromatic carbocycles. The molecular weight excluding hydrogens is 244 g/mol. The fraction of sp³-hybridized carbons (Fsp3) is 0.375. The van der Waals surface area contributed by atoms with Gasteiger partial charge in [-0.2, -0.15) is 0 Å². The second-order valence-corrected chi connectivity index (χ2v) is 4.87. The lowest BCUT2D eigenvalue weighted by Gasteiger charge is -2.09. The van der Waals surface area contributed by atoms with E-state index in [1.807, 2.05) is 5.38 Å². The lowest BCUT2D eigenvalue weighted by molar-refractivity contribution is 0.969. The number of guanidine groups is 1. The summed E-state index contributed by atoms with van der Waals surface area (Å²) in [4.78, 5) is 8.25. The number of hydrogen-bond acceptors (Lipinski definition) is 5. The summed E-state index contributed by atoms with van der Waals surface area (Å²) in [7, 11) is 0. The van der Waals surface area contributed by atoms with Crippen LogP contribution in [0.4, 0.5) is 0 Å². The quantitative estimate of drug-likeness (QED) is 0.436. The average Bonchev–Trinajstić information content (AvgIpc) is 2.67. The van der Waals surface area contributed by atoms with Gasteiger partial charge < -0.3 is 17.2 Å². The maximum Gasteiger partial charge on any atom is 0.187 e. The van der Waals surface area contributed by atoms with E-state index in [2.05, 4.69) is 9.98 Å². The molecule has 0 aliphatic rings. The monoisotopic (exact) mass is 258 g/mol. The van der Waals surface area contributed by atoms with E-state index in [0.717, 1.165) is 5.69 Å². The maximum absolute atomic E-state index is 7.12. The largest absolute Gasteiger partial charge is 0.388 e. The van der Waals surface area contributed by atoms with Crippen LogP contribution in [0.15, 0.2) is 15.9 Å². The highest BCUT2D eigenvalue weighted by atomic mass is 32.2. The Balaban J connectivity index is 2.59. The molecule has 1 aromatic heterocycles. The van der Waals surface area contributed by atoms with Crippen LogP contribution in [0.2, 0.25) is 0 Å². The molecule has 0 saturated heterocycles. The number of aromatic nitrogens is 1. The lowest BCUT2D eigenvalue weighted by Crippen LogP contribution is -2.23. The van der Waals surface area contributed by atoms with Crippen molar-refractivity contribution in [1.82, 2.24) is 4.98 Å². The lowest BCUT2D eigenvalue weighted by atomic mass is 10.5. The van der Waals surface area contributed by atoms with Gasteiger partial charge in [-0.05, 0) is 0 Å². The molecular formula is C8H14N6S2. The Labute approximate surface area is 102 Å². The van der Waals surface area contributed by atoms with Gasteiger partial charge in [0.2, 0.25) is 0 Å². The molecule has 0 bridgehead atoms.